The molecule has 1 heterocycles. The molecule has 0 aliphatic rings. The Bertz CT molecular complexity index is 786. The number of pyridine rings is 1. The molecule has 1 aromatic heterocycles. The summed E-state index contributed by atoms with van der Waals surface area (Å²) in [6.07, 6.45) is 0. The molecule has 0 radical (unpaired) electrons. The number of nitrogens with zero attached hydrogens (tertiary/aromatic N) is 1. The molecule has 3 N–H and O–H groups in total. The largest absolute Gasteiger partial charge is 0.316 e. The molecule has 0 aliphatic heterocycles. The van der Waals surface area contributed by atoms with Gasteiger partial charge in [-0.05, 0) is 35.5 Å². The monoisotopic (exact) mass is 293 g/mol. The summed E-state index contributed by atoms with van der Waals surface area (Å²) in [4.78, 5) is 4.68. The van der Waals surface area contributed by atoms with Crippen LogP contribution < -0.4 is 10.8 Å². The summed E-state index contributed by atoms with van der Waals surface area (Å²) in [5, 5.41) is 14.5. The van der Waals surface area contributed by atoms with Gasteiger partial charge in [-0.2, -0.15) is 5.48 Å². The Morgan fingerprint density at radius 3 is 2.64 bits per heavy atom. The lowest BCUT2D eigenvalue weighted by Crippen LogP contribution is -2.09. The van der Waals surface area contributed by atoms with E-state index in [4.69, 9.17) is 5.21 Å². The number of hydrogen-bond donors (Lipinski definition) is 3. The van der Waals surface area contributed by atoms with Crippen molar-refractivity contribution in [2.45, 2.75) is 13.1 Å². The van der Waals surface area contributed by atoms with Crippen LogP contribution in [-0.4, -0.2) is 17.2 Å². The van der Waals surface area contributed by atoms with Gasteiger partial charge < -0.3 is 10.5 Å². The van der Waals surface area contributed by atoms with E-state index in [0.717, 1.165) is 23.5 Å². The standard InChI is InChI=1S/C18H19N3O/c1-19-11-14-10-9-13-5-2-3-7-16(13)18(14)17-8-4-6-15(21-17)12-20-22/h2-10,19-20,22H,11-12H2,1H3. The van der Waals surface area contributed by atoms with E-state index in [1.165, 1.54) is 16.3 Å². The molecule has 0 amide bonds. The SMILES string of the molecule is CNCc1ccc2ccccc2c1-c1cccc(CNO)n1. The van der Waals surface area contributed by atoms with Crippen LogP contribution >= 0.6 is 0 Å². The van der Waals surface area contributed by atoms with Crippen molar-refractivity contribution >= 4 is 10.8 Å². The number of benzene rings is 2. The highest BCUT2D eigenvalue weighted by molar-refractivity contribution is 5.97. The molecule has 0 unspecified atom stereocenters. The normalized spacial score (nSPS) is 11.0. The number of fused-ring (bicyclic) bond motifs is 1. The fourth-order valence-corrected chi connectivity index (χ4v) is 2.76. The van der Waals surface area contributed by atoms with E-state index < -0.39 is 0 Å². The second-order valence-corrected chi connectivity index (χ2v) is 5.20. The molecule has 0 fully saturated rings. The summed E-state index contributed by atoms with van der Waals surface area (Å²) < 4.78 is 0. The fourth-order valence-electron chi connectivity index (χ4n) is 2.76. The van der Waals surface area contributed by atoms with E-state index in [9.17, 15) is 0 Å². The minimum Gasteiger partial charge on any atom is -0.316 e. The van der Waals surface area contributed by atoms with Gasteiger partial charge in [0.2, 0.25) is 0 Å². The molecule has 2 aromatic carbocycles. The molecular weight excluding hydrogens is 274 g/mol. The zero-order chi connectivity index (χ0) is 15.4. The van der Waals surface area contributed by atoms with E-state index in [1.807, 2.05) is 37.4 Å². The van der Waals surface area contributed by atoms with Gasteiger partial charge in [-0.25, -0.2) is 0 Å². The van der Waals surface area contributed by atoms with Crippen molar-refractivity contribution in [2.75, 3.05) is 7.05 Å². The van der Waals surface area contributed by atoms with Crippen molar-refractivity contribution in [2.24, 2.45) is 0 Å². The van der Waals surface area contributed by atoms with Crippen LogP contribution in [0.1, 0.15) is 11.3 Å². The smallest absolute Gasteiger partial charge is 0.0715 e. The van der Waals surface area contributed by atoms with Crippen LogP contribution in [0.2, 0.25) is 0 Å². The van der Waals surface area contributed by atoms with Gasteiger partial charge in [0.1, 0.15) is 0 Å². The van der Waals surface area contributed by atoms with Gasteiger partial charge in [-0.3, -0.25) is 4.98 Å². The van der Waals surface area contributed by atoms with Gasteiger partial charge in [0, 0.05) is 12.1 Å². The Morgan fingerprint density at radius 1 is 0.955 bits per heavy atom. The quantitative estimate of drug-likeness (QED) is 0.633. The van der Waals surface area contributed by atoms with Crippen molar-refractivity contribution in [3.8, 4) is 11.3 Å². The minimum absolute atomic E-state index is 0.333. The molecular formula is C18H19N3O. The Balaban J connectivity index is 2.22. The predicted molar refractivity (Wildman–Crippen MR) is 88.6 cm³/mol. The first-order chi connectivity index (χ1) is 10.8. The fraction of sp³-hybridized carbons (Fsp3) is 0.167. The molecule has 0 saturated heterocycles. The first-order valence-electron chi connectivity index (χ1n) is 7.32. The van der Waals surface area contributed by atoms with Crippen molar-refractivity contribution in [1.29, 1.82) is 0 Å². The third kappa shape index (κ3) is 2.85. The lowest BCUT2D eigenvalue weighted by Gasteiger charge is -2.13. The average Bonchev–Trinajstić information content (AvgIpc) is 2.55. The maximum Gasteiger partial charge on any atom is 0.0715 e. The Morgan fingerprint density at radius 2 is 1.82 bits per heavy atom. The average molecular weight is 293 g/mol. The Kier molecular flexibility index (Phi) is 4.44. The molecule has 4 heteroatoms. The number of nitrogens with one attached hydrogen (secondary N) is 2. The van der Waals surface area contributed by atoms with Gasteiger partial charge in [-0.15, -0.1) is 0 Å². The van der Waals surface area contributed by atoms with Crippen LogP contribution in [0.25, 0.3) is 22.0 Å². The second-order valence-electron chi connectivity index (χ2n) is 5.20. The number of hydrogen-bond acceptors (Lipinski definition) is 4. The van der Waals surface area contributed by atoms with Crippen LogP contribution in [0.15, 0.2) is 54.6 Å². The third-order valence-electron chi connectivity index (χ3n) is 3.71. The van der Waals surface area contributed by atoms with Gasteiger partial charge in [0.25, 0.3) is 0 Å². The van der Waals surface area contributed by atoms with Crippen molar-refractivity contribution in [3.63, 3.8) is 0 Å². The van der Waals surface area contributed by atoms with Gasteiger partial charge in [0.05, 0.1) is 17.9 Å². The first kappa shape index (κ1) is 14.7. The van der Waals surface area contributed by atoms with E-state index in [-0.39, 0.29) is 0 Å². The first-order valence-corrected chi connectivity index (χ1v) is 7.32. The molecule has 0 spiro atoms. The Labute approximate surface area is 129 Å². The summed E-state index contributed by atoms with van der Waals surface area (Å²) in [5.74, 6) is 0. The maximum atomic E-state index is 8.89. The van der Waals surface area contributed by atoms with E-state index in [2.05, 4.69) is 40.0 Å². The molecule has 0 bridgehead atoms. The second kappa shape index (κ2) is 6.66. The summed E-state index contributed by atoms with van der Waals surface area (Å²) in [7, 11) is 1.94. The summed E-state index contributed by atoms with van der Waals surface area (Å²) in [5.41, 5.74) is 6.26. The molecule has 0 aliphatic carbocycles. The highest BCUT2D eigenvalue weighted by Gasteiger charge is 2.11. The molecule has 3 rings (SSSR count). The van der Waals surface area contributed by atoms with Gasteiger partial charge >= 0.3 is 0 Å². The van der Waals surface area contributed by atoms with Crippen LogP contribution in [0, 0.1) is 0 Å². The van der Waals surface area contributed by atoms with Crippen molar-refractivity contribution < 1.29 is 5.21 Å². The maximum absolute atomic E-state index is 8.89. The van der Waals surface area contributed by atoms with Gasteiger partial charge in [0.15, 0.2) is 0 Å². The van der Waals surface area contributed by atoms with Crippen LogP contribution in [-0.2, 0) is 13.1 Å². The molecule has 3 aromatic rings. The van der Waals surface area contributed by atoms with E-state index in [0.29, 0.717) is 6.54 Å². The van der Waals surface area contributed by atoms with Crippen molar-refractivity contribution in [3.05, 3.63) is 65.9 Å². The summed E-state index contributed by atoms with van der Waals surface area (Å²) in [6, 6.07) is 18.5. The summed E-state index contributed by atoms with van der Waals surface area (Å²) in [6.45, 7) is 1.12. The minimum atomic E-state index is 0.333. The number of aromatic nitrogens is 1. The highest BCUT2D eigenvalue weighted by atomic mass is 16.5. The molecule has 0 saturated carbocycles. The van der Waals surface area contributed by atoms with Crippen LogP contribution in [0.3, 0.4) is 0 Å². The molecule has 4 nitrogen and oxygen atoms in total. The Hall–Kier alpha value is -2.27. The zero-order valence-electron chi connectivity index (χ0n) is 12.5. The van der Waals surface area contributed by atoms with E-state index in [1.54, 1.807) is 0 Å². The highest BCUT2D eigenvalue weighted by Crippen LogP contribution is 2.31. The van der Waals surface area contributed by atoms with Crippen LogP contribution in [0.4, 0.5) is 0 Å². The number of hydroxylamine groups is 1. The van der Waals surface area contributed by atoms with Gasteiger partial charge in [-0.1, -0.05) is 42.5 Å². The molecule has 22 heavy (non-hydrogen) atoms. The van der Waals surface area contributed by atoms with E-state index >= 15 is 0 Å². The topological polar surface area (TPSA) is 57.2 Å². The lowest BCUT2D eigenvalue weighted by atomic mass is 9.96. The predicted octanol–water partition coefficient (Wildman–Crippen LogP) is 3.10. The van der Waals surface area contributed by atoms with Crippen molar-refractivity contribution in [1.82, 2.24) is 15.8 Å². The number of rotatable bonds is 5. The zero-order valence-corrected chi connectivity index (χ0v) is 12.5. The summed E-state index contributed by atoms with van der Waals surface area (Å²) >= 11 is 0. The van der Waals surface area contributed by atoms with Crippen LogP contribution in [0.5, 0.6) is 0 Å². The lowest BCUT2D eigenvalue weighted by molar-refractivity contribution is 0.160. The molecule has 0 atom stereocenters. The third-order valence-corrected chi connectivity index (χ3v) is 3.71. The molecule has 112 valence electrons.